The molecule has 8 nitrogen and oxygen atoms in total. The van der Waals surface area contributed by atoms with Crippen molar-refractivity contribution >= 4 is 52.5 Å². The number of carbonyl (C=O) groups is 4. The van der Waals surface area contributed by atoms with Gasteiger partial charge in [-0.25, -0.2) is 0 Å². The van der Waals surface area contributed by atoms with Crippen LogP contribution in [0.1, 0.15) is 30.6 Å². The third-order valence-corrected chi connectivity index (χ3v) is 7.54. The number of rotatable bonds is 9. The van der Waals surface area contributed by atoms with Crippen LogP contribution in [0.3, 0.4) is 0 Å². The summed E-state index contributed by atoms with van der Waals surface area (Å²) in [5.41, 5.74) is 2.63. The van der Waals surface area contributed by atoms with Gasteiger partial charge in [-0.2, -0.15) is 0 Å². The minimum atomic E-state index is -0.972. The van der Waals surface area contributed by atoms with Crippen molar-refractivity contribution in [2.45, 2.75) is 29.9 Å². The van der Waals surface area contributed by atoms with Gasteiger partial charge in [0.05, 0.1) is 11.8 Å². The Hall–Kier alpha value is -4.37. The van der Waals surface area contributed by atoms with E-state index in [0.717, 1.165) is 10.5 Å². The molecule has 0 radical (unpaired) electrons. The fraction of sp³-hybridized carbons (Fsp3) is 0.200. The molecule has 3 aromatic carbocycles. The third kappa shape index (κ3) is 7.58. The summed E-state index contributed by atoms with van der Waals surface area (Å²) in [6, 6.07) is 23.4. The molecule has 200 valence electrons. The molecule has 3 aromatic rings. The monoisotopic (exact) mass is 543 g/mol. The Kier molecular flexibility index (Phi) is 9.17. The van der Waals surface area contributed by atoms with E-state index >= 15 is 0 Å². The molecule has 3 atom stereocenters. The number of aliphatic carboxylic acids is 1. The van der Waals surface area contributed by atoms with Crippen LogP contribution in [0.4, 0.5) is 17.1 Å². The zero-order valence-electron chi connectivity index (χ0n) is 21.3. The number of carbonyl (C=O) groups excluding carboxylic acids is 3. The highest BCUT2D eigenvalue weighted by Crippen LogP contribution is 2.37. The van der Waals surface area contributed by atoms with Gasteiger partial charge in [0, 0.05) is 28.9 Å². The van der Waals surface area contributed by atoms with E-state index < -0.39 is 23.1 Å². The van der Waals surface area contributed by atoms with Crippen LogP contribution < -0.4 is 16.0 Å². The Morgan fingerprint density at radius 3 is 1.87 bits per heavy atom. The first-order valence-corrected chi connectivity index (χ1v) is 13.4. The maximum atomic E-state index is 13.3. The molecule has 0 fully saturated rings. The lowest BCUT2D eigenvalue weighted by Gasteiger charge is -2.24. The second-order valence-electron chi connectivity index (χ2n) is 9.16. The molecule has 0 bridgehead atoms. The van der Waals surface area contributed by atoms with E-state index in [-0.39, 0.29) is 17.7 Å². The van der Waals surface area contributed by atoms with E-state index in [1.54, 1.807) is 42.5 Å². The van der Waals surface area contributed by atoms with Gasteiger partial charge in [0.1, 0.15) is 5.25 Å². The van der Waals surface area contributed by atoms with E-state index in [1.807, 2.05) is 48.5 Å². The quantitative estimate of drug-likeness (QED) is 0.202. The van der Waals surface area contributed by atoms with Crippen LogP contribution >= 0.6 is 11.8 Å². The molecule has 3 amide bonds. The van der Waals surface area contributed by atoms with Gasteiger partial charge < -0.3 is 21.1 Å². The number of allylic oxidation sites excluding steroid dienone is 2. The van der Waals surface area contributed by atoms with Crippen LogP contribution in [0.25, 0.3) is 0 Å². The molecule has 1 aliphatic rings. The number of anilines is 3. The Bertz CT molecular complexity index is 1360. The molecule has 4 rings (SSSR count). The van der Waals surface area contributed by atoms with Gasteiger partial charge >= 0.3 is 5.97 Å². The van der Waals surface area contributed by atoms with Gasteiger partial charge in [-0.15, -0.1) is 11.8 Å². The second-order valence-corrected chi connectivity index (χ2v) is 10.3. The molecule has 3 unspecified atom stereocenters. The van der Waals surface area contributed by atoms with Gasteiger partial charge in [-0.05, 0) is 66.9 Å². The molecule has 4 N–H and O–H groups in total. The number of carboxylic acid groups (broad SMARTS) is 1. The molecule has 1 aliphatic carbocycles. The van der Waals surface area contributed by atoms with Gasteiger partial charge in [0.15, 0.2) is 0 Å². The van der Waals surface area contributed by atoms with Crippen molar-refractivity contribution < 1.29 is 24.3 Å². The zero-order chi connectivity index (χ0) is 27.8. The lowest BCUT2D eigenvalue weighted by atomic mass is 9.82. The average Bonchev–Trinajstić information content (AvgIpc) is 2.93. The minimum absolute atomic E-state index is 0.173. The van der Waals surface area contributed by atoms with Crippen LogP contribution in [0.15, 0.2) is 95.9 Å². The number of benzene rings is 3. The Labute approximate surface area is 230 Å². The average molecular weight is 544 g/mol. The van der Waals surface area contributed by atoms with Gasteiger partial charge in [-0.1, -0.05) is 42.5 Å². The maximum Gasteiger partial charge on any atom is 0.307 e. The van der Waals surface area contributed by atoms with Crippen molar-refractivity contribution in [2.75, 3.05) is 16.0 Å². The first-order chi connectivity index (χ1) is 18.8. The number of thioether (sulfide) groups is 1. The highest BCUT2D eigenvalue weighted by molar-refractivity contribution is 8.00. The van der Waals surface area contributed by atoms with Gasteiger partial charge in [-0.3, -0.25) is 19.2 Å². The summed E-state index contributed by atoms with van der Waals surface area (Å²) in [6.07, 6.45) is 4.37. The summed E-state index contributed by atoms with van der Waals surface area (Å²) >= 11 is 1.37. The molecule has 0 aromatic heterocycles. The van der Waals surface area contributed by atoms with Crippen LogP contribution in [-0.2, 0) is 19.2 Å². The topological polar surface area (TPSA) is 125 Å². The minimum Gasteiger partial charge on any atom is -0.481 e. The lowest BCUT2D eigenvalue weighted by Crippen LogP contribution is -2.34. The first-order valence-electron chi connectivity index (χ1n) is 12.5. The normalized spacial score (nSPS) is 17.1. The smallest absolute Gasteiger partial charge is 0.307 e. The van der Waals surface area contributed by atoms with E-state index in [2.05, 4.69) is 16.0 Å². The molecule has 0 saturated carbocycles. The van der Waals surface area contributed by atoms with Crippen molar-refractivity contribution in [1.82, 2.24) is 0 Å². The molecule has 0 spiro atoms. The molecule has 0 saturated heterocycles. The van der Waals surface area contributed by atoms with Crippen LogP contribution in [0.2, 0.25) is 0 Å². The van der Waals surface area contributed by atoms with Gasteiger partial charge in [0.25, 0.3) is 0 Å². The number of hydrogen-bond donors (Lipinski definition) is 4. The van der Waals surface area contributed by atoms with Gasteiger partial charge in [0.2, 0.25) is 17.7 Å². The van der Waals surface area contributed by atoms with Crippen molar-refractivity contribution in [2.24, 2.45) is 11.8 Å². The molecule has 9 heteroatoms. The first kappa shape index (κ1) is 27.7. The van der Waals surface area contributed by atoms with E-state index in [0.29, 0.717) is 29.9 Å². The number of nitrogens with one attached hydrogen (secondary N) is 3. The molecule has 39 heavy (non-hydrogen) atoms. The van der Waals surface area contributed by atoms with Crippen LogP contribution in [-0.4, -0.2) is 28.8 Å². The summed E-state index contributed by atoms with van der Waals surface area (Å²) < 4.78 is 0. The summed E-state index contributed by atoms with van der Waals surface area (Å²) in [6.45, 7) is 1.43. The van der Waals surface area contributed by atoms with E-state index in [9.17, 15) is 24.3 Å². The summed E-state index contributed by atoms with van der Waals surface area (Å²) in [5, 5.41) is 17.4. The maximum absolute atomic E-state index is 13.3. The fourth-order valence-electron chi connectivity index (χ4n) is 4.31. The molecular weight excluding hydrogens is 514 g/mol. The number of carboxylic acids is 1. The van der Waals surface area contributed by atoms with Crippen molar-refractivity contribution in [3.05, 3.63) is 96.6 Å². The summed E-state index contributed by atoms with van der Waals surface area (Å²) in [5.74, 6) is -3.04. The van der Waals surface area contributed by atoms with Crippen molar-refractivity contribution in [3.8, 4) is 0 Å². The Morgan fingerprint density at radius 1 is 0.744 bits per heavy atom. The highest BCUT2D eigenvalue weighted by atomic mass is 32.2. The van der Waals surface area contributed by atoms with Crippen LogP contribution in [0.5, 0.6) is 0 Å². The molecule has 0 heterocycles. The molecular formula is C30H29N3O5S. The Balaban J connectivity index is 1.44. The largest absolute Gasteiger partial charge is 0.481 e. The predicted octanol–water partition coefficient (Wildman–Crippen LogP) is 5.72. The number of amides is 3. The second kappa shape index (κ2) is 12.9. The standard InChI is InChI=1S/C30H29N3O5S/c1-19(34)31-21-11-13-22(14-12-21)33-29(36)27(20-7-3-2-4-8-20)39-24-17-15-23(16-18-24)32-28(35)25-9-5-6-10-26(25)30(37)38/h2-8,11-18,25-27H,9-10H2,1H3,(H,31,34)(H,32,35)(H,33,36)(H,37,38). The van der Waals surface area contributed by atoms with Crippen molar-refractivity contribution in [1.29, 1.82) is 0 Å². The third-order valence-electron chi connectivity index (χ3n) is 6.28. The number of hydrogen-bond acceptors (Lipinski definition) is 5. The lowest BCUT2D eigenvalue weighted by molar-refractivity contribution is -0.146. The fourth-order valence-corrected chi connectivity index (χ4v) is 5.34. The van der Waals surface area contributed by atoms with E-state index in [4.69, 9.17) is 0 Å². The zero-order valence-corrected chi connectivity index (χ0v) is 22.1. The SMILES string of the molecule is CC(=O)Nc1ccc(NC(=O)C(Sc2ccc(NC(=O)C3CC=CCC3C(=O)O)cc2)c2ccccc2)cc1. The Morgan fingerprint density at radius 2 is 1.28 bits per heavy atom. The van der Waals surface area contributed by atoms with Crippen LogP contribution in [0, 0.1) is 11.8 Å². The predicted molar refractivity (Wildman–Crippen MR) is 152 cm³/mol. The van der Waals surface area contributed by atoms with E-state index in [1.165, 1.54) is 18.7 Å². The molecule has 0 aliphatic heterocycles. The summed E-state index contributed by atoms with van der Waals surface area (Å²) in [4.78, 5) is 49.7. The highest BCUT2D eigenvalue weighted by Gasteiger charge is 2.34. The van der Waals surface area contributed by atoms with Crippen molar-refractivity contribution in [3.63, 3.8) is 0 Å². The summed E-state index contributed by atoms with van der Waals surface area (Å²) in [7, 11) is 0.